The predicted octanol–water partition coefficient (Wildman–Crippen LogP) is 1.07. The van der Waals surface area contributed by atoms with Crippen LogP contribution >= 0.6 is 0 Å². The van der Waals surface area contributed by atoms with E-state index in [-0.39, 0.29) is 5.78 Å². The van der Waals surface area contributed by atoms with E-state index in [1.807, 2.05) is 0 Å². The van der Waals surface area contributed by atoms with Gasteiger partial charge in [-0.05, 0) is 19.1 Å². The zero-order valence-electron chi connectivity index (χ0n) is 7.56. The molecule has 70 valence electrons. The number of carbonyl (C=O) groups excluding carboxylic acids is 1. The Morgan fingerprint density at radius 3 is 2.64 bits per heavy atom. The molecular formula is C9H8N4O. The lowest BCUT2D eigenvalue weighted by molar-refractivity contribution is 0.101. The van der Waals surface area contributed by atoms with Crippen LogP contribution in [0.25, 0.3) is 11.4 Å². The number of carbonyl (C=O) groups is 1. The maximum absolute atomic E-state index is 11.0. The van der Waals surface area contributed by atoms with Gasteiger partial charge in [-0.1, -0.05) is 0 Å². The van der Waals surface area contributed by atoms with E-state index in [0.717, 1.165) is 0 Å². The summed E-state index contributed by atoms with van der Waals surface area (Å²) in [5, 5.41) is 10.0. The molecule has 2 aromatic rings. The largest absolute Gasteiger partial charge is 0.294 e. The number of hydrogen-bond acceptors (Lipinski definition) is 4. The quantitative estimate of drug-likeness (QED) is 0.715. The molecule has 2 heterocycles. The van der Waals surface area contributed by atoms with Crippen LogP contribution in [0.15, 0.2) is 24.5 Å². The van der Waals surface area contributed by atoms with Crippen molar-refractivity contribution in [2.24, 2.45) is 0 Å². The van der Waals surface area contributed by atoms with Gasteiger partial charge < -0.3 is 0 Å². The molecule has 0 aliphatic rings. The highest BCUT2D eigenvalue weighted by Gasteiger charge is 2.03. The molecule has 0 aliphatic heterocycles. The molecule has 0 saturated heterocycles. The zero-order chi connectivity index (χ0) is 9.97. The van der Waals surface area contributed by atoms with E-state index in [1.54, 1.807) is 18.3 Å². The van der Waals surface area contributed by atoms with Crippen LogP contribution in [0.4, 0.5) is 0 Å². The van der Waals surface area contributed by atoms with E-state index in [9.17, 15) is 4.79 Å². The molecule has 0 spiro atoms. The number of hydrogen-bond donors (Lipinski definition) is 1. The third-order valence-corrected chi connectivity index (χ3v) is 1.85. The van der Waals surface area contributed by atoms with Gasteiger partial charge in [0.05, 0.1) is 11.9 Å². The van der Waals surface area contributed by atoms with Crippen molar-refractivity contribution in [3.8, 4) is 11.4 Å². The maximum atomic E-state index is 11.0. The van der Waals surface area contributed by atoms with Gasteiger partial charge in [0.15, 0.2) is 5.78 Å². The Labute approximate surface area is 80.2 Å². The van der Waals surface area contributed by atoms with Crippen molar-refractivity contribution in [3.05, 3.63) is 30.1 Å². The van der Waals surface area contributed by atoms with Gasteiger partial charge in [-0.15, -0.1) is 0 Å². The molecule has 2 rings (SSSR count). The minimum absolute atomic E-state index is 0.00389. The van der Waals surface area contributed by atoms with Gasteiger partial charge in [0, 0.05) is 11.8 Å². The summed E-state index contributed by atoms with van der Waals surface area (Å²) >= 11 is 0. The van der Waals surface area contributed by atoms with Gasteiger partial charge in [-0.25, -0.2) is 0 Å². The molecule has 0 bridgehead atoms. The molecule has 14 heavy (non-hydrogen) atoms. The number of Topliss-reactive ketones (excluding diaryl/α,β-unsaturated/α-hetero) is 1. The van der Waals surface area contributed by atoms with Crippen molar-refractivity contribution in [2.75, 3.05) is 0 Å². The van der Waals surface area contributed by atoms with Crippen molar-refractivity contribution >= 4 is 5.78 Å². The average molecular weight is 188 g/mol. The van der Waals surface area contributed by atoms with Crippen LogP contribution in [0, 0.1) is 0 Å². The van der Waals surface area contributed by atoms with Crippen molar-refractivity contribution in [1.29, 1.82) is 0 Å². The fourth-order valence-electron chi connectivity index (χ4n) is 1.08. The second kappa shape index (κ2) is 3.37. The van der Waals surface area contributed by atoms with Gasteiger partial charge in [0.2, 0.25) is 0 Å². The number of ketones is 1. The van der Waals surface area contributed by atoms with Gasteiger partial charge in [-0.2, -0.15) is 15.4 Å². The van der Waals surface area contributed by atoms with Crippen LogP contribution in [-0.4, -0.2) is 26.2 Å². The Kier molecular flexibility index (Phi) is 2.06. The second-order valence-corrected chi connectivity index (χ2v) is 2.84. The molecule has 0 atom stereocenters. The molecule has 2 aromatic heterocycles. The lowest BCUT2D eigenvalue weighted by Crippen LogP contribution is -1.93. The number of rotatable bonds is 2. The Morgan fingerprint density at radius 1 is 1.29 bits per heavy atom. The maximum Gasteiger partial charge on any atom is 0.161 e. The molecule has 0 radical (unpaired) electrons. The fourth-order valence-corrected chi connectivity index (χ4v) is 1.08. The number of aromatic amines is 1. The molecule has 5 heteroatoms. The first-order valence-electron chi connectivity index (χ1n) is 4.10. The third-order valence-electron chi connectivity index (χ3n) is 1.85. The number of aromatic nitrogens is 4. The Bertz CT molecular complexity index is 432. The molecule has 0 unspecified atom stereocenters. The van der Waals surface area contributed by atoms with Crippen molar-refractivity contribution < 1.29 is 4.79 Å². The van der Waals surface area contributed by atoms with Crippen LogP contribution in [0.3, 0.4) is 0 Å². The van der Waals surface area contributed by atoms with E-state index in [0.29, 0.717) is 17.0 Å². The SMILES string of the molecule is CC(=O)c1ccc(-c2cn[nH]n2)nc1. The summed E-state index contributed by atoms with van der Waals surface area (Å²) < 4.78 is 0. The number of nitrogens with zero attached hydrogens (tertiary/aromatic N) is 3. The molecule has 5 nitrogen and oxygen atoms in total. The Morgan fingerprint density at radius 2 is 2.14 bits per heavy atom. The van der Waals surface area contributed by atoms with Gasteiger partial charge in [0.25, 0.3) is 0 Å². The summed E-state index contributed by atoms with van der Waals surface area (Å²) in [6.45, 7) is 1.51. The van der Waals surface area contributed by atoms with Crippen LogP contribution in [0.5, 0.6) is 0 Å². The van der Waals surface area contributed by atoms with E-state index in [4.69, 9.17) is 0 Å². The lowest BCUT2D eigenvalue weighted by Gasteiger charge is -1.96. The minimum atomic E-state index is 0.00389. The first-order chi connectivity index (χ1) is 6.77. The summed E-state index contributed by atoms with van der Waals surface area (Å²) in [6.07, 6.45) is 3.11. The lowest BCUT2D eigenvalue weighted by atomic mass is 10.2. The van der Waals surface area contributed by atoms with Crippen LogP contribution in [-0.2, 0) is 0 Å². The zero-order valence-corrected chi connectivity index (χ0v) is 7.56. The fraction of sp³-hybridized carbons (Fsp3) is 0.111. The van der Waals surface area contributed by atoms with E-state index in [1.165, 1.54) is 13.1 Å². The number of pyridine rings is 1. The van der Waals surface area contributed by atoms with E-state index >= 15 is 0 Å². The summed E-state index contributed by atoms with van der Waals surface area (Å²) in [7, 11) is 0. The Balaban J connectivity index is 2.36. The topological polar surface area (TPSA) is 71.5 Å². The van der Waals surface area contributed by atoms with E-state index in [2.05, 4.69) is 20.4 Å². The highest BCUT2D eigenvalue weighted by Crippen LogP contribution is 2.12. The minimum Gasteiger partial charge on any atom is -0.294 e. The normalized spacial score (nSPS) is 10.1. The summed E-state index contributed by atoms with van der Waals surface area (Å²) in [5.41, 5.74) is 1.96. The molecular weight excluding hydrogens is 180 g/mol. The standard InChI is InChI=1S/C9H8N4O/c1-6(14)7-2-3-8(10-4-7)9-5-11-13-12-9/h2-5H,1H3,(H,11,12,13). The summed E-state index contributed by atoms with van der Waals surface area (Å²) in [6, 6.07) is 3.47. The average Bonchev–Trinajstić information content (AvgIpc) is 2.71. The number of H-pyrrole nitrogens is 1. The smallest absolute Gasteiger partial charge is 0.161 e. The molecule has 0 saturated carbocycles. The first kappa shape index (κ1) is 8.55. The third kappa shape index (κ3) is 1.52. The first-order valence-corrected chi connectivity index (χ1v) is 4.10. The van der Waals surface area contributed by atoms with Crippen molar-refractivity contribution in [1.82, 2.24) is 20.4 Å². The van der Waals surface area contributed by atoms with Crippen LogP contribution in [0.2, 0.25) is 0 Å². The van der Waals surface area contributed by atoms with Gasteiger partial charge in [0.1, 0.15) is 5.69 Å². The molecule has 0 aliphatic carbocycles. The highest BCUT2D eigenvalue weighted by atomic mass is 16.1. The predicted molar refractivity (Wildman–Crippen MR) is 49.6 cm³/mol. The summed E-state index contributed by atoms with van der Waals surface area (Å²) in [5.74, 6) is 0.00389. The molecule has 0 amide bonds. The second-order valence-electron chi connectivity index (χ2n) is 2.84. The summed E-state index contributed by atoms with van der Waals surface area (Å²) in [4.78, 5) is 15.1. The molecule has 1 N–H and O–H groups in total. The van der Waals surface area contributed by atoms with Crippen LogP contribution in [0.1, 0.15) is 17.3 Å². The van der Waals surface area contributed by atoms with Crippen LogP contribution < -0.4 is 0 Å². The van der Waals surface area contributed by atoms with Crippen molar-refractivity contribution in [3.63, 3.8) is 0 Å². The Hall–Kier alpha value is -2.04. The van der Waals surface area contributed by atoms with E-state index < -0.39 is 0 Å². The van der Waals surface area contributed by atoms with Crippen molar-refractivity contribution in [2.45, 2.75) is 6.92 Å². The van der Waals surface area contributed by atoms with Gasteiger partial charge in [-0.3, -0.25) is 9.78 Å². The van der Waals surface area contributed by atoms with Gasteiger partial charge >= 0.3 is 0 Å². The highest BCUT2D eigenvalue weighted by molar-refractivity contribution is 5.93. The molecule has 0 fully saturated rings. The molecule has 0 aromatic carbocycles. The monoisotopic (exact) mass is 188 g/mol. The number of nitrogens with one attached hydrogen (secondary N) is 1.